The lowest BCUT2D eigenvalue weighted by Gasteiger charge is -2.39. The smallest absolute Gasteiger partial charge is 0.322 e. The Kier molecular flexibility index (Phi) is 6.25. The molecule has 1 aromatic carbocycles. The number of thiophene rings is 1. The first kappa shape index (κ1) is 20.0. The van der Waals surface area contributed by atoms with E-state index in [2.05, 4.69) is 10.2 Å². The summed E-state index contributed by atoms with van der Waals surface area (Å²) in [6, 6.07) is 11.6. The number of piperazine rings is 1. The van der Waals surface area contributed by atoms with Crippen LogP contribution in [-0.4, -0.2) is 61.0 Å². The van der Waals surface area contributed by atoms with Gasteiger partial charge in [-0.2, -0.15) is 0 Å². The molecule has 3 heterocycles. The first-order valence-electron chi connectivity index (χ1n) is 9.99. The summed E-state index contributed by atoms with van der Waals surface area (Å²) in [5.41, 5.74) is 1.14. The van der Waals surface area contributed by atoms with Crippen molar-refractivity contribution in [2.45, 2.75) is 12.8 Å². The molecule has 2 aliphatic heterocycles. The van der Waals surface area contributed by atoms with E-state index in [0.29, 0.717) is 13.1 Å². The Bertz CT molecular complexity index is 827. The number of rotatable bonds is 3. The highest BCUT2D eigenvalue weighted by Gasteiger charge is 2.31. The SMILES string of the molecule is O=C(Nc1cccs1)N1CCC(C(=O)N2CCN(c3ccc(Cl)cc3)CC2)CC1. The number of carbonyl (C=O) groups excluding carboxylic acids is 2. The number of halogens is 1. The van der Waals surface area contributed by atoms with Gasteiger partial charge in [0.1, 0.15) is 0 Å². The molecule has 3 amide bonds. The minimum absolute atomic E-state index is 0.0165. The number of carbonyl (C=O) groups is 2. The van der Waals surface area contributed by atoms with E-state index >= 15 is 0 Å². The third-order valence-corrected chi connectivity index (χ3v) is 6.70. The highest BCUT2D eigenvalue weighted by Crippen LogP contribution is 2.24. The minimum Gasteiger partial charge on any atom is -0.368 e. The summed E-state index contributed by atoms with van der Waals surface area (Å²) in [6.07, 6.45) is 1.46. The first-order chi connectivity index (χ1) is 14.1. The van der Waals surface area contributed by atoms with Crippen molar-refractivity contribution in [2.24, 2.45) is 5.92 Å². The summed E-state index contributed by atoms with van der Waals surface area (Å²) in [6.45, 7) is 4.38. The lowest BCUT2D eigenvalue weighted by Crippen LogP contribution is -2.52. The number of hydrogen-bond acceptors (Lipinski definition) is 4. The summed E-state index contributed by atoms with van der Waals surface area (Å²) in [5.74, 6) is 0.252. The fraction of sp³-hybridized carbons (Fsp3) is 0.429. The number of piperidine rings is 1. The highest BCUT2D eigenvalue weighted by atomic mass is 35.5. The molecule has 2 aromatic rings. The quantitative estimate of drug-likeness (QED) is 0.797. The molecule has 1 aromatic heterocycles. The predicted molar refractivity (Wildman–Crippen MR) is 118 cm³/mol. The van der Waals surface area contributed by atoms with Gasteiger partial charge in [0.25, 0.3) is 0 Å². The fourth-order valence-electron chi connectivity index (χ4n) is 3.96. The van der Waals surface area contributed by atoms with E-state index in [9.17, 15) is 9.59 Å². The van der Waals surface area contributed by atoms with Crippen molar-refractivity contribution in [1.82, 2.24) is 9.80 Å². The Morgan fingerprint density at radius 2 is 1.62 bits per heavy atom. The second-order valence-corrected chi connectivity index (χ2v) is 8.84. The Morgan fingerprint density at radius 1 is 0.931 bits per heavy atom. The number of hydrogen-bond donors (Lipinski definition) is 1. The molecule has 0 radical (unpaired) electrons. The first-order valence-corrected chi connectivity index (χ1v) is 11.2. The van der Waals surface area contributed by atoms with Crippen LogP contribution in [0.4, 0.5) is 15.5 Å². The normalized spacial score (nSPS) is 18.0. The second kappa shape index (κ2) is 9.05. The molecule has 8 heteroatoms. The van der Waals surface area contributed by atoms with E-state index in [-0.39, 0.29) is 17.9 Å². The molecule has 2 aliphatic rings. The third kappa shape index (κ3) is 4.85. The molecule has 29 heavy (non-hydrogen) atoms. The van der Waals surface area contributed by atoms with Gasteiger partial charge in [-0.1, -0.05) is 11.6 Å². The molecule has 2 fully saturated rings. The van der Waals surface area contributed by atoms with Gasteiger partial charge in [-0.25, -0.2) is 4.79 Å². The summed E-state index contributed by atoms with van der Waals surface area (Å²) in [4.78, 5) is 31.4. The number of amides is 3. The summed E-state index contributed by atoms with van der Waals surface area (Å²) in [5, 5.41) is 6.44. The van der Waals surface area contributed by atoms with Gasteiger partial charge in [0.15, 0.2) is 0 Å². The van der Waals surface area contributed by atoms with Gasteiger partial charge in [-0.05, 0) is 54.6 Å². The average molecular weight is 433 g/mol. The van der Waals surface area contributed by atoms with Gasteiger partial charge < -0.3 is 14.7 Å². The zero-order chi connectivity index (χ0) is 20.2. The van der Waals surface area contributed by atoms with Gasteiger partial charge in [0, 0.05) is 55.9 Å². The van der Waals surface area contributed by atoms with Crippen molar-refractivity contribution in [3.8, 4) is 0 Å². The summed E-state index contributed by atoms with van der Waals surface area (Å²) in [7, 11) is 0. The van der Waals surface area contributed by atoms with Crippen molar-refractivity contribution >= 4 is 45.6 Å². The number of benzene rings is 1. The van der Waals surface area contributed by atoms with E-state index in [0.717, 1.165) is 54.7 Å². The van der Waals surface area contributed by atoms with Crippen LogP contribution >= 0.6 is 22.9 Å². The minimum atomic E-state index is -0.0741. The maximum atomic E-state index is 12.9. The molecule has 0 spiro atoms. The highest BCUT2D eigenvalue weighted by molar-refractivity contribution is 7.14. The van der Waals surface area contributed by atoms with Crippen molar-refractivity contribution in [3.63, 3.8) is 0 Å². The molecule has 4 rings (SSSR count). The van der Waals surface area contributed by atoms with Crippen LogP contribution in [-0.2, 0) is 4.79 Å². The monoisotopic (exact) mass is 432 g/mol. The predicted octanol–water partition coefficient (Wildman–Crippen LogP) is 3.99. The molecule has 1 N–H and O–H groups in total. The lowest BCUT2D eigenvalue weighted by molar-refractivity contribution is -0.137. The van der Waals surface area contributed by atoms with Gasteiger partial charge in [-0.3, -0.25) is 10.1 Å². The van der Waals surface area contributed by atoms with Crippen LogP contribution in [0.3, 0.4) is 0 Å². The van der Waals surface area contributed by atoms with Crippen molar-refractivity contribution < 1.29 is 9.59 Å². The van der Waals surface area contributed by atoms with Crippen molar-refractivity contribution in [2.75, 3.05) is 49.5 Å². The van der Waals surface area contributed by atoms with Crippen LogP contribution in [0.1, 0.15) is 12.8 Å². The van der Waals surface area contributed by atoms with E-state index in [1.165, 1.54) is 11.3 Å². The zero-order valence-electron chi connectivity index (χ0n) is 16.2. The molecule has 0 saturated carbocycles. The van der Waals surface area contributed by atoms with E-state index in [1.807, 2.05) is 51.6 Å². The van der Waals surface area contributed by atoms with Crippen LogP contribution in [0.5, 0.6) is 0 Å². The molecule has 0 atom stereocenters. The van der Waals surface area contributed by atoms with Gasteiger partial charge in [-0.15, -0.1) is 11.3 Å². The zero-order valence-corrected chi connectivity index (χ0v) is 17.8. The largest absolute Gasteiger partial charge is 0.368 e. The van der Waals surface area contributed by atoms with E-state index < -0.39 is 0 Å². The number of nitrogens with one attached hydrogen (secondary N) is 1. The Labute approximate surface area is 180 Å². The summed E-state index contributed by atoms with van der Waals surface area (Å²) < 4.78 is 0. The second-order valence-electron chi connectivity index (χ2n) is 7.46. The molecular weight excluding hydrogens is 408 g/mol. The van der Waals surface area contributed by atoms with Crippen molar-refractivity contribution in [1.29, 1.82) is 0 Å². The fourth-order valence-corrected chi connectivity index (χ4v) is 4.69. The van der Waals surface area contributed by atoms with Crippen LogP contribution in [0.2, 0.25) is 5.02 Å². The van der Waals surface area contributed by atoms with Crippen LogP contribution in [0.15, 0.2) is 41.8 Å². The Morgan fingerprint density at radius 3 is 2.24 bits per heavy atom. The summed E-state index contributed by atoms with van der Waals surface area (Å²) >= 11 is 7.48. The lowest BCUT2D eigenvalue weighted by atomic mass is 9.95. The number of urea groups is 1. The van der Waals surface area contributed by atoms with Crippen LogP contribution in [0, 0.1) is 5.92 Å². The van der Waals surface area contributed by atoms with Crippen LogP contribution < -0.4 is 10.2 Å². The number of likely N-dealkylation sites (tertiary alicyclic amines) is 1. The Hall–Kier alpha value is -2.25. The standard InChI is InChI=1S/C21H25ClN4O2S/c22-17-3-5-18(6-4-17)24-11-13-25(14-12-24)20(27)16-7-9-26(10-8-16)21(28)23-19-2-1-15-29-19/h1-6,15-16H,7-14H2,(H,23,28). The van der Waals surface area contributed by atoms with Crippen LogP contribution in [0.25, 0.3) is 0 Å². The van der Waals surface area contributed by atoms with E-state index in [4.69, 9.17) is 11.6 Å². The van der Waals surface area contributed by atoms with Crippen molar-refractivity contribution in [3.05, 3.63) is 46.8 Å². The molecule has 0 aliphatic carbocycles. The Balaban J connectivity index is 1.24. The molecule has 0 unspecified atom stereocenters. The number of anilines is 2. The molecular formula is C21H25ClN4O2S. The average Bonchev–Trinajstić information content (AvgIpc) is 3.27. The molecule has 6 nitrogen and oxygen atoms in total. The molecule has 154 valence electrons. The maximum absolute atomic E-state index is 12.9. The molecule has 2 saturated heterocycles. The van der Waals surface area contributed by atoms with Gasteiger partial charge in [0.2, 0.25) is 5.91 Å². The number of nitrogens with zero attached hydrogens (tertiary/aromatic N) is 3. The van der Waals surface area contributed by atoms with Gasteiger partial charge >= 0.3 is 6.03 Å². The maximum Gasteiger partial charge on any atom is 0.322 e. The third-order valence-electron chi connectivity index (χ3n) is 5.67. The topological polar surface area (TPSA) is 55.9 Å². The molecule has 0 bridgehead atoms. The van der Waals surface area contributed by atoms with Gasteiger partial charge in [0.05, 0.1) is 5.00 Å². The van der Waals surface area contributed by atoms with E-state index in [1.54, 1.807) is 0 Å².